The number of fused-ring (bicyclic) bond motifs is 5. The van der Waals surface area contributed by atoms with Gasteiger partial charge in [-0.1, -0.05) is 51.0 Å². The first kappa shape index (κ1) is 17.3. The van der Waals surface area contributed by atoms with Crippen LogP contribution in [0.2, 0.25) is 0 Å². The molecule has 25 heavy (non-hydrogen) atoms. The van der Waals surface area contributed by atoms with E-state index in [0.29, 0.717) is 11.3 Å². The second-order valence-corrected chi connectivity index (χ2v) is 8.95. The molecule has 7 unspecified atom stereocenters. The monoisotopic (exact) mass is 338 g/mol. The van der Waals surface area contributed by atoms with Crippen molar-refractivity contribution in [1.82, 2.24) is 0 Å². The summed E-state index contributed by atoms with van der Waals surface area (Å²) in [7, 11) is 0. The van der Waals surface area contributed by atoms with E-state index in [1.807, 2.05) is 11.6 Å². The lowest BCUT2D eigenvalue weighted by atomic mass is 9.51. The van der Waals surface area contributed by atoms with Gasteiger partial charge in [0.2, 0.25) is 0 Å². The second kappa shape index (κ2) is 6.56. The molecule has 3 saturated carbocycles. The number of hydrogen-bond donors (Lipinski definition) is 0. The van der Waals surface area contributed by atoms with Crippen molar-refractivity contribution < 1.29 is 4.79 Å². The summed E-state index contributed by atoms with van der Waals surface area (Å²) in [5.41, 5.74) is 3.65. The Morgan fingerprint density at radius 3 is 2.76 bits per heavy atom. The molecule has 0 heterocycles. The lowest BCUT2D eigenvalue weighted by Crippen LogP contribution is -2.45. The van der Waals surface area contributed by atoms with Gasteiger partial charge in [-0.3, -0.25) is 4.79 Å². The normalized spacial score (nSPS) is 47.5. The van der Waals surface area contributed by atoms with Gasteiger partial charge in [-0.25, -0.2) is 0 Å². The number of aldehydes is 1. The van der Waals surface area contributed by atoms with Crippen molar-refractivity contribution in [3.63, 3.8) is 0 Å². The Hall–Kier alpha value is -1.11. The van der Waals surface area contributed by atoms with Crippen molar-refractivity contribution in [2.45, 2.75) is 65.7 Å². The Bertz CT molecular complexity index is 624. The Kier molecular flexibility index (Phi) is 4.54. The summed E-state index contributed by atoms with van der Waals surface area (Å²) in [5, 5.41) is 0. The molecule has 0 N–H and O–H groups in total. The molecule has 1 heteroatoms. The first-order valence-corrected chi connectivity index (χ1v) is 10.8. The minimum atomic E-state index is 0.498. The lowest BCUT2D eigenvalue weighted by Gasteiger charge is -2.53. The number of rotatable bonds is 5. The summed E-state index contributed by atoms with van der Waals surface area (Å²) in [4.78, 5) is 11.1. The van der Waals surface area contributed by atoms with Crippen LogP contribution in [0, 0.1) is 40.9 Å². The average Bonchev–Trinajstić information content (AvgIpc) is 3.35. The van der Waals surface area contributed by atoms with E-state index in [-0.39, 0.29) is 0 Å². The van der Waals surface area contributed by atoms with Crippen LogP contribution in [-0.2, 0) is 4.79 Å². The Morgan fingerprint density at radius 1 is 1.24 bits per heavy atom. The molecule has 0 aromatic rings. The van der Waals surface area contributed by atoms with Crippen LogP contribution in [-0.4, -0.2) is 6.29 Å². The van der Waals surface area contributed by atoms with Crippen LogP contribution in [0.15, 0.2) is 35.5 Å². The molecule has 0 aromatic heterocycles. The third-order valence-electron chi connectivity index (χ3n) is 8.12. The molecule has 0 aromatic carbocycles. The first-order chi connectivity index (χ1) is 12.2. The molecule has 4 aliphatic rings. The zero-order valence-electron chi connectivity index (χ0n) is 16.2. The summed E-state index contributed by atoms with van der Waals surface area (Å²) in [6.07, 6.45) is 19.4. The van der Waals surface area contributed by atoms with E-state index in [9.17, 15) is 4.79 Å². The highest BCUT2D eigenvalue weighted by Gasteiger charge is 2.67. The van der Waals surface area contributed by atoms with E-state index >= 15 is 0 Å². The molecule has 3 fully saturated rings. The van der Waals surface area contributed by atoms with Gasteiger partial charge in [0.05, 0.1) is 0 Å². The number of allylic oxidation sites excluding steroid dienone is 6. The van der Waals surface area contributed by atoms with Gasteiger partial charge in [0.25, 0.3) is 0 Å². The quantitative estimate of drug-likeness (QED) is 0.335. The van der Waals surface area contributed by atoms with Crippen molar-refractivity contribution in [3.05, 3.63) is 35.5 Å². The molecular weight excluding hydrogens is 304 g/mol. The van der Waals surface area contributed by atoms with Gasteiger partial charge in [-0.15, -0.1) is 0 Å². The maximum atomic E-state index is 11.1. The fraction of sp³-hybridized carbons (Fsp3) is 0.708. The molecular formula is C24H34O. The van der Waals surface area contributed by atoms with E-state index in [2.05, 4.69) is 39.0 Å². The fourth-order valence-corrected chi connectivity index (χ4v) is 7.25. The smallest absolute Gasteiger partial charge is 0.143 e. The number of hydrogen-bond acceptors (Lipinski definition) is 1. The maximum Gasteiger partial charge on any atom is 0.143 e. The van der Waals surface area contributed by atoms with Gasteiger partial charge in [-0.05, 0) is 91.1 Å². The second-order valence-electron chi connectivity index (χ2n) is 8.95. The fourth-order valence-electron chi connectivity index (χ4n) is 7.25. The molecule has 4 aliphatic carbocycles. The summed E-state index contributed by atoms with van der Waals surface area (Å²) in [5.74, 6) is 4.85. The average molecular weight is 339 g/mol. The van der Waals surface area contributed by atoms with E-state index in [1.54, 1.807) is 0 Å². The highest BCUT2D eigenvalue weighted by Crippen LogP contribution is 2.74. The molecule has 0 amide bonds. The lowest BCUT2D eigenvalue weighted by molar-refractivity contribution is -0.104. The largest absolute Gasteiger partial charge is 0.299 e. The molecule has 7 atom stereocenters. The van der Waals surface area contributed by atoms with Crippen LogP contribution in [0.3, 0.4) is 0 Å². The Morgan fingerprint density at radius 2 is 2.08 bits per heavy atom. The predicted molar refractivity (Wildman–Crippen MR) is 104 cm³/mol. The van der Waals surface area contributed by atoms with Crippen molar-refractivity contribution in [3.8, 4) is 0 Å². The Labute approximate surface area is 153 Å². The van der Waals surface area contributed by atoms with Crippen LogP contribution in [0.25, 0.3) is 0 Å². The van der Waals surface area contributed by atoms with Gasteiger partial charge in [-0.2, -0.15) is 0 Å². The van der Waals surface area contributed by atoms with Gasteiger partial charge < -0.3 is 0 Å². The summed E-state index contributed by atoms with van der Waals surface area (Å²) in [6, 6.07) is 0. The predicted octanol–water partition coefficient (Wildman–Crippen LogP) is 6.12. The summed E-state index contributed by atoms with van der Waals surface area (Å²) >= 11 is 0. The van der Waals surface area contributed by atoms with Crippen molar-refractivity contribution in [2.24, 2.45) is 40.9 Å². The van der Waals surface area contributed by atoms with E-state index in [1.165, 1.54) is 50.5 Å². The van der Waals surface area contributed by atoms with Gasteiger partial charge >= 0.3 is 0 Å². The van der Waals surface area contributed by atoms with E-state index in [0.717, 1.165) is 35.9 Å². The SMILES string of the molecule is CC/C=C1/C2CC2C2C3C=C/C(=C/C=O)C(CCC)C3CCC12CC. The molecule has 0 aliphatic heterocycles. The van der Waals surface area contributed by atoms with Crippen molar-refractivity contribution >= 4 is 6.29 Å². The van der Waals surface area contributed by atoms with Crippen LogP contribution in [0.5, 0.6) is 0 Å². The van der Waals surface area contributed by atoms with Crippen molar-refractivity contribution in [2.75, 3.05) is 0 Å². The van der Waals surface area contributed by atoms with Gasteiger partial charge in [0, 0.05) is 0 Å². The number of carbonyl (C=O) groups is 1. The molecule has 0 saturated heterocycles. The summed E-state index contributed by atoms with van der Waals surface area (Å²) < 4.78 is 0. The standard InChI is InChI=1S/C24H34O/c1-4-7-17-16(12-14-25)9-10-19-18(17)11-13-24(6-3)22(8-5-2)20-15-21(20)23(19)24/h8-10,12,14,17-21,23H,4-7,11,13,15H2,1-3H3/b16-12-,22-8-. The molecule has 0 bridgehead atoms. The molecule has 0 spiro atoms. The minimum Gasteiger partial charge on any atom is -0.299 e. The van der Waals surface area contributed by atoms with Crippen molar-refractivity contribution in [1.29, 1.82) is 0 Å². The zero-order valence-corrected chi connectivity index (χ0v) is 16.2. The van der Waals surface area contributed by atoms with Crippen LogP contribution >= 0.6 is 0 Å². The van der Waals surface area contributed by atoms with Crippen LogP contribution < -0.4 is 0 Å². The van der Waals surface area contributed by atoms with E-state index < -0.39 is 0 Å². The third kappa shape index (κ3) is 2.45. The number of carbonyl (C=O) groups excluding carboxylic acids is 1. The third-order valence-corrected chi connectivity index (χ3v) is 8.12. The molecule has 0 radical (unpaired) electrons. The molecule has 1 nitrogen and oxygen atoms in total. The summed E-state index contributed by atoms with van der Waals surface area (Å²) in [6.45, 7) is 7.04. The molecule has 4 rings (SSSR count). The van der Waals surface area contributed by atoms with Crippen LogP contribution in [0.1, 0.15) is 65.7 Å². The first-order valence-electron chi connectivity index (χ1n) is 10.8. The topological polar surface area (TPSA) is 17.1 Å². The van der Waals surface area contributed by atoms with Crippen LogP contribution in [0.4, 0.5) is 0 Å². The highest BCUT2D eigenvalue weighted by molar-refractivity contribution is 5.67. The van der Waals surface area contributed by atoms with Gasteiger partial charge in [0.15, 0.2) is 0 Å². The maximum absolute atomic E-state index is 11.1. The molecule has 136 valence electrons. The van der Waals surface area contributed by atoms with E-state index in [4.69, 9.17) is 0 Å². The minimum absolute atomic E-state index is 0.498. The zero-order chi connectivity index (χ0) is 17.6. The Balaban J connectivity index is 1.73. The van der Waals surface area contributed by atoms with Gasteiger partial charge in [0.1, 0.15) is 6.29 Å². The highest BCUT2D eigenvalue weighted by atomic mass is 16.1.